The molecule has 218 valence electrons. The van der Waals surface area contributed by atoms with Crippen molar-refractivity contribution in [2.75, 3.05) is 11.5 Å². The Balaban J connectivity index is 1.31. The van der Waals surface area contributed by atoms with E-state index in [2.05, 4.69) is 107 Å². The van der Waals surface area contributed by atoms with E-state index in [0.29, 0.717) is 0 Å². The van der Waals surface area contributed by atoms with Crippen LogP contribution in [0.25, 0.3) is 0 Å². The fraction of sp³-hybridized carbons (Fsp3) is 0.526. The van der Waals surface area contributed by atoms with Crippen molar-refractivity contribution in [2.45, 2.75) is 116 Å². The zero-order valence-electron chi connectivity index (χ0n) is 25.1. The van der Waals surface area contributed by atoms with Crippen LogP contribution in [0.2, 0.25) is 0 Å². The highest BCUT2D eigenvalue weighted by molar-refractivity contribution is 9.09. The number of hydrogen-bond donors (Lipinski definition) is 0. The van der Waals surface area contributed by atoms with E-state index < -0.39 is 7.26 Å². The Morgan fingerprint density at radius 3 is 0.850 bits per heavy atom. The number of hydrogen-bond acceptors (Lipinski definition) is 0. The van der Waals surface area contributed by atoms with Gasteiger partial charge in [0.2, 0.25) is 0 Å². The molecule has 3 aromatic carbocycles. The maximum atomic E-state index is 3.53. The summed E-state index contributed by atoms with van der Waals surface area (Å²) in [5, 5.41) is 5.74. The summed E-state index contributed by atoms with van der Waals surface area (Å²) in [4.78, 5) is 0. The minimum absolute atomic E-state index is 1.17. The largest absolute Gasteiger partial charge is 0.112 e. The minimum atomic E-state index is -1.65. The van der Waals surface area contributed by atoms with Gasteiger partial charge in [0.1, 0.15) is 23.2 Å². The van der Waals surface area contributed by atoms with Crippen molar-refractivity contribution in [3.8, 4) is 0 Å². The standard InChI is InChI=1S/C38H55BrP/c39-34-26-15-13-11-9-7-5-3-1-2-4-6-8-10-12-14-16-27-35-40(36-28-20-17-21-29-36,37-30-22-18-23-31-37)38-32-24-19-25-33-38/h17-25,28-33H,1-16,26-27,34-35H2/q+1. The van der Waals surface area contributed by atoms with Crippen molar-refractivity contribution < 1.29 is 0 Å². The van der Waals surface area contributed by atoms with Gasteiger partial charge in [-0.25, -0.2) is 0 Å². The SMILES string of the molecule is BrCCCCCCCCCCCCCCCCCCCC[P+](c1ccccc1)(c1ccccc1)c1ccccc1. The van der Waals surface area contributed by atoms with Crippen LogP contribution >= 0.6 is 23.2 Å². The molecule has 3 aromatic rings. The van der Waals surface area contributed by atoms with Crippen LogP contribution in [0.1, 0.15) is 116 Å². The molecule has 0 spiro atoms. The Labute approximate surface area is 256 Å². The fourth-order valence-corrected chi connectivity index (χ4v) is 11.0. The smallest absolute Gasteiger partial charge is 0.0928 e. The summed E-state index contributed by atoms with van der Waals surface area (Å²) in [6.07, 6.45) is 26.8. The van der Waals surface area contributed by atoms with E-state index in [9.17, 15) is 0 Å². The lowest BCUT2D eigenvalue weighted by Gasteiger charge is -2.27. The molecule has 40 heavy (non-hydrogen) atoms. The van der Waals surface area contributed by atoms with Gasteiger partial charge in [-0.2, -0.15) is 0 Å². The number of rotatable bonds is 23. The quantitative estimate of drug-likeness (QED) is 0.0561. The molecule has 0 atom stereocenters. The van der Waals surface area contributed by atoms with Crippen molar-refractivity contribution in [3.63, 3.8) is 0 Å². The third-order valence-electron chi connectivity index (χ3n) is 8.47. The molecule has 0 fully saturated rings. The van der Waals surface area contributed by atoms with E-state index in [1.807, 2.05) is 0 Å². The summed E-state index contributed by atoms with van der Waals surface area (Å²) in [6, 6.07) is 34.1. The van der Waals surface area contributed by atoms with E-state index in [1.54, 1.807) is 0 Å². The highest BCUT2D eigenvalue weighted by atomic mass is 79.9. The van der Waals surface area contributed by atoms with Crippen LogP contribution in [0.5, 0.6) is 0 Å². The Kier molecular flexibility index (Phi) is 17.6. The number of alkyl halides is 1. The van der Waals surface area contributed by atoms with Crippen molar-refractivity contribution in [1.82, 2.24) is 0 Å². The number of halogens is 1. The molecule has 2 heteroatoms. The number of unbranched alkanes of at least 4 members (excludes halogenated alkanes) is 17. The summed E-state index contributed by atoms with van der Waals surface area (Å²) >= 11 is 3.53. The van der Waals surface area contributed by atoms with Gasteiger partial charge in [0.25, 0.3) is 0 Å². The molecule has 0 saturated heterocycles. The van der Waals surface area contributed by atoms with Crippen LogP contribution in [-0.2, 0) is 0 Å². The maximum Gasteiger partial charge on any atom is 0.112 e. The number of benzene rings is 3. The maximum absolute atomic E-state index is 3.53. The first-order chi connectivity index (χ1) is 19.9. The molecular weight excluding hydrogens is 567 g/mol. The molecular formula is C38H55BrP+. The van der Waals surface area contributed by atoms with Crippen LogP contribution in [0, 0.1) is 0 Å². The second-order valence-corrected chi connectivity index (χ2v) is 16.0. The minimum Gasteiger partial charge on any atom is -0.0928 e. The van der Waals surface area contributed by atoms with E-state index in [1.165, 1.54) is 143 Å². The molecule has 0 aliphatic rings. The van der Waals surface area contributed by atoms with E-state index in [4.69, 9.17) is 0 Å². The molecule has 0 nitrogen and oxygen atoms in total. The predicted octanol–water partition coefficient (Wildman–Crippen LogP) is 11.4. The molecule has 3 rings (SSSR count). The summed E-state index contributed by atoms with van der Waals surface area (Å²) in [7, 11) is -1.65. The molecule has 0 aliphatic carbocycles. The van der Waals surface area contributed by atoms with Gasteiger partial charge in [-0.1, -0.05) is 167 Å². The van der Waals surface area contributed by atoms with E-state index >= 15 is 0 Å². The fourth-order valence-electron chi connectivity index (χ4n) is 6.15. The lowest BCUT2D eigenvalue weighted by Crippen LogP contribution is -2.33. The van der Waals surface area contributed by atoms with Gasteiger partial charge >= 0.3 is 0 Å². The van der Waals surface area contributed by atoms with Gasteiger partial charge in [-0.3, -0.25) is 0 Å². The second-order valence-electron chi connectivity index (χ2n) is 11.6. The summed E-state index contributed by atoms with van der Waals surface area (Å²) < 4.78 is 0. The summed E-state index contributed by atoms with van der Waals surface area (Å²) in [5.41, 5.74) is 0. The van der Waals surface area contributed by atoms with Crippen molar-refractivity contribution >= 4 is 39.1 Å². The molecule has 0 N–H and O–H groups in total. The van der Waals surface area contributed by atoms with Gasteiger partial charge < -0.3 is 0 Å². The first-order valence-corrected chi connectivity index (χ1v) is 19.6. The zero-order valence-corrected chi connectivity index (χ0v) is 27.6. The van der Waals surface area contributed by atoms with Gasteiger partial charge in [0, 0.05) is 5.33 Å². The van der Waals surface area contributed by atoms with Crippen molar-refractivity contribution in [3.05, 3.63) is 91.0 Å². The molecule has 0 bridgehead atoms. The molecule has 0 unspecified atom stereocenters. The van der Waals surface area contributed by atoms with Crippen molar-refractivity contribution in [1.29, 1.82) is 0 Å². The first-order valence-electron chi connectivity index (χ1n) is 16.5. The molecule has 0 saturated carbocycles. The molecule has 0 heterocycles. The Morgan fingerprint density at radius 2 is 0.575 bits per heavy atom. The van der Waals surface area contributed by atoms with Gasteiger partial charge in [0.15, 0.2) is 0 Å². The van der Waals surface area contributed by atoms with Crippen LogP contribution in [-0.4, -0.2) is 11.5 Å². The molecule has 0 radical (unpaired) electrons. The average Bonchev–Trinajstić information content (AvgIpc) is 3.01. The highest BCUT2D eigenvalue weighted by Crippen LogP contribution is 2.56. The van der Waals surface area contributed by atoms with E-state index in [-0.39, 0.29) is 0 Å². The highest BCUT2D eigenvalue weighted by Gasteiger charge is 2.44. The molecule has 0 aliphatic heterocycles. The van der Waals surface area contributed by atoms with Crippen LogP contribution in [0.3, 0.4) is 0 Å². The summed E-state index contributed by atoms with van der Waals surface area (Å²) in [6.45, 7) is 0. The predicted molar refractivity (Wildman–Crippen MR) is 187 cm³/mol. The van der Waals surface area contributed by atoms with Crippen LogP contribution in [0.15, 0.2) is 91.0 Å². The third-order valence-corrected chi connectivity index (χ3v) is 13.6. The normalized spacial score (nSPS) is 11.6. The average molecular weight is 623 g/mol. The van der Waals surface area contributed by atoms with Crippen LogP contribution < -0.4 is 15.9 Å². The lowest BCUT2D eigenvalue weighted by atomic mass is 10.0. The van der Waals surface area contributed by atoms with Crippen LogP contribution in [0.4, 0.5) is 0 Å². The Hall–Kier alpha value is -1.43. The summed E-state index contributed by atoms with van der Waals surface area (Å²) in [5.74, 6) is 0. The van der Waals surface area contributed by atoms with E-state index in [0.717, 1.165) is 0 Å². The third kappa shape index (κ3) is 11.8. The first kappa shape index (κ1) is 33.1. The Morgan fingerprint density at radius 1 is 0.325 bits per heavy atom. The lowest BCUT2D eigenvalue weighted by molar-refractivity contribution is 0.527. The van der Waals surface area contributed by atoms with Gasteiger partial charge in [0.05, 0.1) is 6.16 Å². The topological polar surface area (TPSA) is 0 Å². The van der Waals surface area contributed by atoms with Gasteiger partial charge in [-0.15, -0.1) is 0 Å². The molecule has 0 aromatic heterocycles. The molecule has 0 amide bonds. The van der Waals surface area contributed by atoms with Gasteiger partial charge in [-0.05, 0) is 55.7 Å². The monoisotopic (exact) mass is 621 g/mol. The zero-order chi connectivity index (χ0) is 28.0. The Bertz CT molecular complexity index is 875. The van der Waals surface area contributed by atoms with Crippen molar-refractivity contribution in [2.24, 2.45) is 0 Å². The second kappa shape index (κ2) is 21.3.